The van der Waals surface area contributed by atoms with Gasteiger partial charge in [-0.15, -0.1) is 0 Å². The number of anilines is 1. The molecule has 0 bridgehead atoms. The second-order valence-corrected chi connectivity index (χ2v) is 5.57. The second-order valence-electron chi connectivity index (χ2n) is 4.79. The summed E-state index contributed by atoms with van der Waals surface area (Å²) in [5.74, 6) is 0.546. The minimum atomic E-state index is -0.244. The van der Waals surface area contributed by atoms with Crippen molar-refractivity contribution in [3.63, 3.8) is 0 Å². The first-order valence-electron chi connectivity index (χ1n) is 6.77. The number of hydrogen-bond acceptors (Lipinski definition) is 4. The molecule has 8 heteroatoms. The van der Waals surface area contributed by atoms with E-state index in [1.807, 2.05) is 0 Å². The number of carbonyl (C=O) groups excluding carboxylic acids is 2. The van der Waals surface area contributed by atoms with E-state index in [1.165, 1.54) is 6.26 Å². The molecule has 0 unspecified atom stereocenters. The van der Waals surface area contributed by atoms with Crippen molar-refractivity contribution < 1.29 is 18.4 Å². The quantitative estimate of drug-likeness (QED) is 0.884. The zero-order valence-corrected chi connectivity index (χ0v) is 13.2. The number of nitrogens with one attached hydrogen (secondary N) is 1. The van der Waals surface area contributed by atoms with Crippen molar-refractivity contribution in [3.05, 3.63) is 41.0 Å². The third-order valence-electron chi connectivity index (χ3n) is 3.39. The van der Waals surface area contributed by atoms with Gasteiger partial charge >= 0.3 is 6.03 Å². The molecule has 1 saturated heterocycles. The van der Waals surface area contributed by atoms with E-state index in [1.54, 1.807) is 34.1 Å². The number of rotatable bonds is 2. The molecule has 1 aliphatic rings. The lowest BCUT2D eigenvalue weighted by molar-refractivity contribution is 0.0640. The van der Waals surface area contributed by atoms with Crippen LogP contribution in [0.2, 0.25) is 0 Å². The molecular formula is C14H14BrN3O4. The Balaban J connectivity index is 1.53. The third kappa shape index (κ3) is 3.16. The fourth-order valence-electron chi connectivity index (χ4n) is 2.23. The zero-order valence-electron chi connectivity index (χ0n) is 11.6. The summed E-state index contributed by atoms with van der Waals surface area (Å²) < 4.78 is 10.9. The number of hydrogen-bond donors (Lipinski definition) is 1. The number of amides is 3. The van der Waals surface area contributed by atoms with Crippen molar-refractivity contribution in [2.45, 2.75) is 0 Å². The van der Waals surface area contributed by atoms with Crippen molar-refractivity contribution in [2.75, 3.05) is 31.5 Å². The number of halogens is 1. The van der Waals surface area contributed by atoms with Crippen LogP contribution in [0.1, 0.15) is 10.6 Å². The van der Waals surface area contributed by atoms with E-state index >= 15 is 0 Å². The molecule has 0 spiro atoms. The molecule has 7 nitrogen and oxygen atoms in total. The average molecular weight is 368 g/mol. The van der Waals surface area contributed by atoms with E-state index in [2.05, 4.69) is 21.2 Å². The Bertz CT molecular complexity index is 659. The summed E-state index contributed by atoms with van der Waals surface area (Å²) in [6, 6.07) is 6.44. The number of nitrogens with zero attached hydrogens (tertiary/aromatic N) is 2. The van der Waals surface area contributed by atoms with Gasteiger partial charge in [0.1, 0.15) is 0 Å². The first-order valence-corrected chi connectivity index (χ1v) is 7.57. The summed E-state index contributed by atoms with van der Waals surface area (Å²) in [6.45, 7) is 1.85. The molecule has 1 aliphatic heterocycles. The number of piperazine rings is 1. The number of carbonyl (C=O) groups is 2. The molecule has 2 aromatic heterocycles. The van der Waals surface area contributed by atoms with Crippen LogP contribution in [0.5, 0.6) is 0 Å². The minimum Gasteiger partial charge on any atom is -0.459 e. The number of urea groups is 1. The van der Waals surface area contributed by atoms with Gasteiger partial charge in [0.2, 0.25) is 5.88 Å². The van der Waals surface area contributed by atoms with E-state index in [0.717, 1.165) is 0 Å². The average Bonchev–Trinajstić information content (AvgIpc) is 3.18. The first-order chi connectivity index (χ1) is 10.6. The summed E-state index contributed by atoms with van der Waals surface area (Å²) in [6.07, 6.45) is 1.47. The van der Waals surface area contributed by atoms with Crippen molar-refractivity contribution in [3.8, 4) is 0 Å². The smallest absolute Gasteiger partial charge is 0.324 e. The Morgan fingerprint density at radius 2 is 1.82 bits per heavy atom. The summed E-state index contributed by atoms with van der Waals surface area (Å²) in [5, 5.41) is 2.67. The molecule has 3 heterocycles. The largest absolute Gasteiger partial charge is 0.459 e. The SMILES string of the molecule is O=C(Nc1ccc(Br)o1)N1CCN(C(=O)c2ccco2)CC1. The monoisotopic (exact) mass is 367 g/mol. The van der Waals surface area contributed by atoms with E-state index in [0.29, 0.717) is 42.5 Å². The summed E-state index contributed by atoms with van der Waals surface area (Å²) >= 11 is 3.18. The van der Waals surface area contributed by atoms with Gasteiger partial charge in [-0.05, 0) is 34.1 Å². The predicted molar refractivity (Wildman–Crippen MR) is 81.6 cm³/mol. The van der Waals surface area contributed by atoms with Gasteiger partial charge in [-0.3, -0.25) is 10.1 Å². The van der Waals surface area contributed by atoms with Crippen molar-refractivity contribution >= 4 is 33.8 Å². The van der Waals surface area contributed by atoms with Crippen molar-refractivity contribution in [1.29, 1.82) is 0 Å². The van der Waals surface area contributed by atoms with Crippen molar-refractivity contribution in [2.24, 2.45) is 0 Å². The topological polar surface area (TPSA) is 78.9 Å². The normalized spacial score (nSPS) is 15.0. The van der Waals surface area contributed by atoms with Crippen LogP contribution in [0.3, 0.4) is 0 Å². The van der Waals surface area contributed by atoms with Crippen LogP contribution in [-0.2, 0) is 0 Å². The highest BCUT2D eigenvalue weighted by molar-refractivity contribution is 9.10. The van der Waals surface area contributed by atoms with E-state index < -0.39 is 0 Å². The molecule has 22 heavy (non-hydrogen) atoms. The van der Waals surface area contributed by atoms with Gasteiger partial charge in [0.25, 0.3) is 5.91 Å². The highest BCUT2D eigenvalue weighted by Gasteiger charge is 2.26. The Morgan fingerprint density at radius 3 is 2.41 bits per heavy atom. The summed E-state index contributed by atoms with van der Waals surface area (Å²) in [4.78, 5) is 27.5. The Labute approximate surface area is 135 Å². The van der Waals surface area contributed by atoms with Gasteiger partial charge in [-0.25, -0.2) is 4.79 Å². The van der Waals surface area contributed by atoms with Crippen LogP contribution in [0.25, 0.3) is 0 Å². The Morgan fingerprint density at radius 1 is 1.09 bits per heavy atom. The van der Waals surface area contributed by atoms with E-state index in [-0.39, 0.29) is 11.9 Å². The van der Waals surface area contributed by atoms with Crippen LogP contribution >= 0.6 is 15.9 Å². The summed E-state index contributed by atoms with van der Waals surface area (Å²) in [5.41, 5.74) is 0. The highest BCUT2D eigenvalue weighted by Crippen LogP contribution is 2.19. The molecule has 0 aromatic carbocycles. The second kappa shape index (κ2) is 6.27. The van der Waals surface area contributed by atoms with Crippen LogP contribution in [-0.4, -0.2) is 47.9 Å². The van der Waals surface area contributed by atoms with E-state index in [4.69, 9.17) is 8.83 Å². The van der Waals surface area contributed by atoms with Gasteiger partial charge < -0.3 is 18.6 Å². The van der Waals surface area contributed by atoms with E-state index in [9.17, 15) is 9.59 Å². The van der Waals surface area contributed by atoms with Gasteiger partial charge in [0.05, 0.1) is 6.26 Å². The maximum Gasteiger partial charge on any atom is 0.324 e. The van der Waals surface area contributed by atoms with Gasteiger partial charge in [0.15, 0.2) is 10.4 Å². The predicted octanol–water partition coefficient (Wildman–Crippen LogP) is 2.63. The maximum atomic E-state index is 12.1. The molecule has 0 aliphatic carbocycles. The van der Waals surface area contributed by atoms with Crippen LogP contribution < -0.4 is 5.32 Å². The van der Waals surface area contributed by atoms with Crippen LogP contribution in [0.4, 0.5) is 10.7 Å². The Hall–Kier alpha value is -2.22. The highest BCUT2D eigenvalue weighted by atomic mass is 79.9. The molecule has 3 rings (SSSR count). The molecule has 2 aromatic rings. The summed E-state index contributed by atoms with van der Waals surface area (Å²) in [7, 11) is 0. The van der Waals surface area contributed by atoms with Gasteiger partial charge in [-0.2, -0.15) is 0 Å². The van der Waals surface area contributed by atoms with Crippen LogP contribution in [0, 0.1) is 0 Å². The first kappa shape index (κ1) is 14.7. The third-order valence-corrected chi connectivity index (χ3v) is 3.82. The molecular weight excluding hydrogens is 354 g/mol. The van der Waals surface area contributed by atoms with Gasteiger partial charge in [-0.1, -0.05) is 0 Å². The standard InChI is InChI=1S/C14H14BrN3O4/c15-11-3-4-12(22-11)16-14(20)18-7-5-17(6-8-18)13(19)10-2-1-9-21-10/h1-4,9H,5-8H2,(H,16,20). The van der Waals surface area contributed by atoms with Crippen LogP contribution in [0.15, 0.2) is 44.0 Å². The Kier molecular flexibility index (Phi) is 4.19. The molecule has 116 valence electrons. The fourth-order valence-corrected chi connectivity index (χ4v) is 2.54. The molecule has 0 radical (unpaired) electrons. The number of furan rings is 2. The lowest BCUT2D eigenvalue weighted by atomic mass is 10.3. The fraction of sp³-hybridized carbons (Fsp3) is 0.286. The zero-order chi connectivity index (χ0) is 15.5. The lowest BCUT2D eigenvalue weighted by Crippen LogP contribution is -2.51. The minimum absolute atomic E-state index is 0.153. The van der Waals surface area contributed by atoms with Crippen molar-refractivity contribution in [1.82, 2.24) is 9.80 Å². The van der Waals surface area contributed by atoms with Gasteiger partial charge in [0, 0.05) is 32.2 Å². The maximum absolute atomic E-state index is 12.1. The molecule has 0 saturated carbocycles. The molecule has 3 amide bonds. The molecule has 1 N–H and O–H groups in total. The molecule has 1 fully saturated rings. The molecule has 0 atom stereocenters. The lowest BCUT2D eigenvalue weighted by Gasteiger charge is -2.34.